The Morgan fingerprint density at radius 1 is 1.40 bits per heavy atom. The van der Waals surface area contributed by atoms with Gasteiger partial charge in [-0.1, -0.05) is 6.08 Å². The fourth-order valence-corrected chi connectivity index (χ4v) is 2.20. The first kappa shape index (κ1) is 14.0. The molecular weight excluding hydrogens is 260 g/mol. The standard InChI is InChI=1S/C12H18N6O2/c1-2-6-14-12-15-10(13)9(18(19)20)11(16-12)17-7-4-3-5-8-17/h2H,1,3-8H2,(H3,13,14,15,16). The van der Waals surface area contributed by atoms with E-state index in [4.69, 9.17) is 5.73 Å². The third-order valence-electron chi connectivity index (χ3n) is 3.14. The highest BCUT2D eigenvalue weighted by molar-refractivity contribution is 5.71. The lowest BCUT2D eigenvalue weighted by Crippen LogP contribution is -2.31. The van der Waals surface area contributed by atoms with Crippen LogP contribution >= 0.6 is 0 Å². The van der Waals surface area contributed by atoms with Crippen LogP contribution in [-0.2, 0) is 0 Å². The van der Waals surface area contributed by atoms with E-state index in [1.54, 1.807) is 6.08 Å². The van der Waals surface area contributed by atoms with Crippen molar-refractivity contribution in [1.82, 2.24) is 9.97 Å². The lowest BCUT2D eigenvalue weighted by Gasteiger charge is -2.27. The van der Waals surface area contributed by atoms with Gasteiger partial charge in [-0.25, -0.2) is 0 Å². The van der Waals surface area contributed by atoms with Gasteiger partial charge in [0.1, 0.15) is 0 Å². The Labute approximate surface area is 116 Å². The van der Waals surface area contributed by atoms with E-state index in [2.05, 4.69) is 21.9 Å². The number of hydrogen-bond acceptors (Lipinski definition) is 7. The van der Waals surface area contributed by atoms with Crippen molar-refractivity contribution in [1.29, 1.82) is 0 Å². The lowest BCUT2D eigenvalue weighted by atomic mass is 10.1. The Kier molecular flexibility index (Phi) is 4.34. The number of anilines is 3. The van der Waals surface area contributed by atoms with Gasteiger partial charge in [0.2, 0.25) is 17.6 Å². The number of piperidine rings is 1. The number of rotatable bonds is 5. The maximum atomic E-state index is 11.2. The molecule has 0 saturated carbocycles. The van der Waals surface area contributed by atoms with Gasteiger partial charge in [-0.15, -0.1) is 6.58 Å². The number of nitrogens with two attached hydrogens (primary N) is 1. The highest BCUT2D eigenvalue weighted by Crippen LogP contribution is 2.33. The van der Waals surface area contributed by atoms with Crippen LogP contribution in [0.5, 0.6) is 0 Å². The molecule has 1 aromatic rings. The Morgan fingerprint density at radius 3 is 2.70 bits per heavy atom. The molecule has 8 nitrogen and oxygen atoms in total. The summed E-state index contributed by atoms with van der Waals surface area (Å²) >= 11 is 0. The van der Waals surface area contributed by atoms with Crippen LogP contribution in [0.25, 0.3) is 0 Å². The van der Waals surface area contributed by atoms with Crippen LogP contribution < -0.4 is 16.0 Å². The topological polar surface area (TPSA) is 110 Å². The molecule has 0 spiro atoms. The van der Waals surface area contributed by atoms with Crippen molar-refractivity contribution in [3.63, 3.8) is 0 Å². The second-order valence-electron chi connectivity index (χ2n) is 4.58. The molecular formula is C12H18N6O2. The summed E-state index contributed by atoms with van der Waals surface area (Å²) in [6.07, 6.45) is 4.78. The number of nitro groups is 1. The quantitative estimate of drug-likeness (QED) is 0.477. The first-order valence-electron chi connectivity index (χ1n) is 6.55. The van der Waals surface area contributed by atoms with Crippen LogP contribution in [0.15, 0.2) is 12.7 Å². The zero-order chi connectivity index (χ0) is 14.5. The van der Waals surface area contributed by atoms with E-state index in [9.17, 15) is 10.1 Å². The van der Waals surface area contributed by atoms with Crippen LogP contribution in [-0.4, -0.2) is 34.5 Å². The molecule has 0 atom stereocenters. The summed E-state index contributed by atoms with van der Waals surface area (Å²) < 4.78 is 0. The number of nitrogen functional groups attached to an aromatic ring is 1. The van der Waals surface area contributed by atoms with Crippen molar-refractivity contribution in [3.8, 4) is 0 Å². The van der Waals surface area contributed by atoms with E-state index in [0.29, 0.717) is 12.4 Å². The van der Waals surface area contributed by atoms with Gasteiger partial charge in [-0.2, -0.15) is 9.97 Å². The molecule has 1 aromatic heterocycles. The summed E-state index contributed by atoms with van der Waals surface area (Å²) in [4.78, 5) is 20.8. The molecule has 2 heterocycles. The average molecular weight is 278 g/mol. The molecule has 1 saturated heterocycles. The molecule has 0 unspecified atom stereocenters. The normalized spacial score (nSPS) is 14.9. The van der Waals surface area contributed by atoms with E-state index < -0.39 is 4.92 Å². The minimum atomic E-state index is -0.517. The summed E-state index contributed by atoms with van der Waals surface area (Å²) in [6, 6.07) is 0. The largest absolute Gasteiger partial charge is 0.378 e. The van der Waals surface area contributed by atoms with Gasteiger partial charge < -0.3 is 16.0 Å². The lowest BCUT2D eigenvalue weighted by molar-refractivity contribution is -0.383. The highest BCUT2D eigenvalue weighted by atomic mass is 16.6. The van der Waals surface area contributed by atoms with Crippen LogP contribution in [0.2, 0.25) is 0 Å². The Balaban J connectivity index is 2.40. The van der Waals surface area contributed by atoms with Gasteiger partial charge in [0.15, 0.2) is 0 Å². The first-order valence-corrected chi connectivity index (χ1v) is 6.55. The van der Waals surface area contributed by atoms with Crippen molar-refractivity contribution in [2.24, 2.45) is 0 Å². The molecule has 1 aliphatic heterocycles. The maximum absolute atomic E-state index is 11.2. The third-order valence-corrected chi connectivity index (χ3v) is 3.14. The monoisotopic (exact) mass is 278 g/mol. The van der Waals surface area contributed by atoms with Crippen molar-refractivity contribution < 1.29 is 4.92 Å². The predicted octanol–water partition coefficient (Wildman–Crippen LogP) is 1.56. The number of hydrogen-bond donors (Lipinski definition) is 2. The predicted molar refractivity (Wildman–Crippen MR) is 77.8 cm³/mol. The van der Waals surface area contributed by atoms with Crippen LogP contribution in [0.3, 0.4) is 0 Å². The molecule has 0 amide bonds. The summed E-state index contributed by atoms with van der Waals surface area (Å²) in [5.74, 6) is 0.472. The van der Waals surface area contributed by atoms with E-state index >= 15 is 0 Å². The Bertz CT molecular complexity index is 513. The molecule has 1 aliphatic rings. The number of aromatic nitrogens is 2. The Morgan fingerprint density at radius 2 is 2.10 bits per heavy atom. The summed E-state index contributed by atoms with van der Waals surface area (Å²) in [7, 11) is 0. The van der Waals surface area contributed by atoms with Crippen molar-refractivity contribution in [2.45, 2.75) is 19.3 Å². The summed E-state index contributed by atoms with van der Waals surface area (Å²) in [5, 5.41) is 14.1. The van der Waals surface area contributed by atoms with Gasteiger partial charge >= 0.3 is 5.69 Å². The summed E-state index contributed by atoms with van der Waals surface area (Å²) in [5.41, 5.74) is 5.50. The van der Waals surface area contributed by atoms with Crippen LogP contribution in [0.4, 0.5) is 23.3 Å². The minimum absolute atomic E-state index is 0.114. The van der Waals surface area contributed by atoms with Gasteiger partial charge in [0, 0.05) is 19.6 Å². The van der Waals surface area contributed by atoms with E-state index in [-0.39, 0.29) is 17.5 Å². The van der Waals surface area contributed by atoms with E-state index in [1.807, 2.05) is 4.90 Å². The molecule has 0 aromatic carbocycles. The van der Waals surface area contributed by atoms with Crippen LogP contribution in [0, 0.1) is 10.1 Å². The summed E-state index contributed by atoms with van der Waals surface area (Å²) in [6.45, 7) is 5.55. The van der Waals surface area contributed by atoms with Crippen molar-refractivity contribution in [2.75, 3.05) is 35.6 Å². The van der Waals surface area contributed by atoms with Gasteiger partial charge in [-0.05, 0) is 19.3 Å². The molecule has 8 heteroatoms. The zero-order valence-electron chi connectivity index (χ0n) is 11.2. The smallest absolute Gasteiger partial charge is 0.353 e. The number of nitrogens with zero attached hydrogens (tertiary/aromatic N) is 4. The second kappa shape index (κ2) is 6.18. The fourth-order valence-electron chi connectivity index (χ4n) is 2.20. The zero-order valence-corrected chi connectivity index (χ0v) is 11.2. The molecule has 2 rings (SSSR count). The fraction of sp³-hybridized carbons (Fsp3) is 0.500. The first-order chi connectivity index (χ1) is 9.63. The average Bonchev–Trinajstić information content (AvgIpc) is 2.45. The molecule has 1 fully saturated rings. The number of nitrogens with one attached hydrogen (secondary N) is 1. The Hall–Kier alpha value is -2.38. The van der Waals surface area contributed by atoms with Gasteiger partial charge in [0.25, 0.3) is 0 Å². The third kappa shape index (κ3) is 2.95. The van der Waals surface area contributed by atoms with Gasteiger partial charge in [0.05, 0.1) is 4.92 Å². The molecule has 20 heavy (non-hydrogen) atoms. The second-order valence-corrected chi connectivity index (χ2v) is 4.58. The van der Waals surface area contributed by atoms with E-state index in [1.165, 1.54) is 0 Å². The molecule has 0 aliphatic carbocycles. The maximum Gasteiger partial charge on any atom is 0.353 e. The van der Waals surface area contributed by atoms with E-state index in [0.717, 1.165) is 32.4 Å². The molecule has 108 valence electrons. The molecule has 0 bridgehead atoms. The SMILES string of the molecule is C=CCNc1nc(N)c([N+](=O)[O-])c(N2CCCCC2)n1. The van der Waals surface area contributed by atoms with Crippen molar-refractivity contribution >= 4 is 23.3 Å². The minimum Gasteiger partial charge on any atom is -0.378 e. The highest BCUT2D eigenvalue weighted by Gasteiger charge is 2.28. The molecule has 3 N–H and O–H groups in total. The van der Waals surface area contributed by atoms with Crippen LogP contribution in [0.1, 0.15) is 19.3 Å². The van der Waals surface area contributed by atoms with Gasteiger partial charge in [-0.3, -0.25) is 10.1 Å². The molecule has 0 radical (unpaired) electrons. The van der Waals surface area contributed by atoms with Crippen molar-refractivity contribution in [3.05, 3.63) is 22.8 Å².